The monoisotopic (exact) mass is 316 g/mol. The van der Waals surface area contributed by atoms with Gasteiger partial charge in [0.15, 0.2) is 0 Å². The summed E-state index contributed by atoms with van der Waals surface area (Å²) < 4.78 is 0. The third-order valence-electron chi connectivity index (χ3n) is 4.58. The number of nitrogens with one attached hydrogen (secondary N) is 1. The van der Waals surface area contributed by atoms with Gasteiger partial charge in [0.1, 0.15) is 11.4 Å². The number of anilines is 3. The van der Waals surface area contributed by atoms with Crippen molar-refractivity contribution in [3.63, 3.8) is 0 Å². The second kappa shape index (κ2) is 5.20. The van der Waals surface area contributed by atoms with Crippen LogP contribution in [0.4, 0.5) is 17.1 Å². The lowest BCUT2D eigenvalue weighted by Crippen LogP contribution is -2.39. The maximum absolute atomic E-state index is 12.1. The summed E-state index contributed by atoms with van der Waals surface area (Å²) in [6.07, 6.45) is 0. The fraction of sp³-hybridized carbons (Fsp3) is 0.100. The molecule has 4 nitrogen and oxygen atoms in total. The summed E-state index contributed by atoms with van der Waals surface area (Å²) in [6.45, 7) is 0. The van der Waals surface area contributed by atoms with Crippen molar-refractivity contribution in [2.45, 2.75) is 0 Å². The molecule has 0 spiro atoms. The molecule has 0 fully saturated rings. The van der Waals surface area contributed by atoms with Crippen molar-refractivity contribution in [1.82, 2.24) is 0 Å². The molecule has 0 atom stereocenters. The van der Waals surface area contributed by atoms with Crippen molar-refractivity contribution in [2.75, 3.05) is 24.3 Å². The Hall–Kier alpha value is -3.14. The highest BCUT2D eigenvalue weighted by Gasteiger charge is 2.25. The van der Waals surface area contributed by atoms with Gasteiger partial charge >= 0.3 is 0 Å². The van der Waals surface area contributed by atoms with Crippen LogP contribution in [0.3, 0.4) is 0 Å². The van der Waals surface area contributed by atoms with Crippen molar-refractivity contribution in [2.24, 2.45) is 0 Å². The zero-order chi connectivity index (χ0) is 16.8. The highest BCUT2D eigenvalue weighted by atomic mass is 16.2. The van der Waals surface area contributed by atoms with Crippen LogP contribution >= 0.6 is 0 Å². The van der Waals surface area contributed by atoms with Crippen LogP contribution in [0.15, 0.2) is 64.2 Å². The van der Waals surface area contributed by atoms with Gasteiger partial charge in [-0.1, -0.05) is 48.5 Å². The first-order chi connectivity index (χ1) is 11.6. The Balaban J connectivity index is 2.03. The van der Waals surface area contributed by atoms with Gasteiger partial charge in [-0.3, -0.25) is 9.59 Å². The number of hydrogen-bond donors (Lipinski definition) is 1. The third-order valence-corrected chi connectivity index (χ3v) is 4.58. The zero-order valence-corrected chi connectivity index (χ0v) is 13.5. The van der Waals surface area contributed by atoms with Crippen LogP contribution in [0.5, 0.6) is 0 Å². The molecule has 4 aromatic carbocycles. The van der Waals surface area contributed by atoms with Crippen LogP contribution in [0.25, 0.3) is 21.5 Å². The average molecular weight is 316 g/mol. The molecule has 0 saturated carbocycles. The minimum Gasteiger partial charge on any atom is -0.383 e. The van der Waals surface area contributed by atoms with E-state index in [-0.39, 0.29) is 0 Å². The van der Waals surface area contributed by atoms with Gasteiger partial charge in [-0.05, 0) is 22.2 Å². The predicted molar refractivity (Wildman–Crippen MR) is 100 cm³/mol. The molecule has 0 amide bonds. The highest BCUT2D eigenvalue weighted by Crippen LogP contribution is 2.37. The Morgan fingerprint density at radius 1 is 0.833 bits per heavy atom. The molecule has 0 aliphatic heterocycles. The first kappa shape index (κ1) is 14.5. The zero-order valence-electron chi connectivity index (χ0n) is 13.5. The molecule has 0 bridgehead atoms. The average Bonchev–Trinajstić information content (AvgIpc) is 2.64. The van der Waals surface area contributed by atoms with Gasteiger partial charge in [0, 0.05) is 25.2 Å². The molecule has 4 rings (SSSR count). The molecule has 0 aliphatic rings. The molecular weight excluding hydrogens is 300 g/mol. The summed E-state index contributed by atoms with van der Waals surface area (Å²) in [4.78, 5) is 25.6. The normalized spacial score (nSPS) is 11.2. The molecule has 0 aliphatic carbocycles. The van der Waals surface area contributed by atoms with Crippen LogP contribution < -0.4 is 21.1 Å². The Morgan fingerprint density at radius 3 is 2.17 bits per heavy atom. The van der Waals surface area contributed by atoms with Gasteiger partial charge in [0.2, 0.25) is 0 Å². The van der Waals surface area contributed by atoms with Crippen molar-refractivity contribution in [1.29, 1.82) is 0 Å². The molecule has 1 N–H and O–H groups in total. The minimum absolute atomic E-state index is 0.375. The fourth-order valence-corrected chi connectivity index (χ4v) is 3.36. The van der Waals surface area contributed by atoms with Crippen molar-refractivity contribution >= 4 is 38.6 Å². The van der Waals surface area contributed by atoms with Crippen LogP contribution in [0.2, 0.25) is 0 Å². The lowest BCUT2D eigenvalue weighted by atomic mass is 9.99. The number of rotatable bonds is 3. The van der Waals surface area contributed by atoms with Crippen LogP contribution in [-0.2, 0) is 0 Å². The SMILES string of the molecule is CNc1c(N(C)c2cc3ccccc3c3ccccc23)c(=O)c1=O. The second-order valence-corrected chi connectivity index (χ2v) is 5.85. The maximum atomic E-state index is 12.1. The quantitative estimate of drug-likeness (QED) is 0.465. The molecular formula is C20H16N2O2. The van der Waals surface area contributed by atoms with Gasteiger partial charge in [0.05, 0.1) is 0 Å². The van der Waals surface area contributed by atoms with E-state index in [9.17, 15) is 9.59 Å². The summed E-state index contributed by atoms with van der Waals surface area (Å²) in [5.41, 5.74) is 0.805. The molecule has 0 unspecified atom stereocenters. The fourth-order valence-electron chi connectivity index (χ4n) is 3.36. The summed E-state index contributed by atoms with van der Waals surface area (Å²) in [6, 6.07) is 18.3. The summed E-state index contributed by atoms with van der Waals surface area (Å²) in [5, 5.41) is 7.28. The smallest absolute Gasteiger partial charge is 0.253 e. The number of benzene rings is 3. The van der Waals surface area contributed by atoms with E-state index in [0.717, 1.165) is 21.8 Å². The van der Waals surface area contributed by atoms with Gasteiger partial charge in [-0.2, -0.15) is 0 Å². The first-order valence-electron chi connectivity index (χ1n) is 7.78. The van der Waals surface area contributed by atoms with E-state index in [2.05, 4.69) is 29.6 Å². The Morgan fingerprint density at radius 2 is 1.46 bits per heavy atom. The first-order valence-corrected chi connectivity index (χ1v) is 7.78. The molecule has 0 saturated heterocycles. The predicted octanol–water partition coefficient (Wildman–Crippen LogP) is 3.40. The summed E-state index contributed by atoms with van der Waals surface area (Å²) >= 11 is 0. The molecule has 118 valence electrons. The van der Waals surface area contributed by atoms with Gasteiger partial charge < -0.3 is 10.2 Å². The second-order valence-electron chi connectivity index (χ2n) is 5.85. The molecule has 0 aromatic heterocycles. The molecule has 0 heterocycles. The van der Waals surface area contributed by atoms with Crippen LogP contribution in [-0.4, -0.2) is 14.1 Å². The van der Waals surface area contributed by atoms with E-state index >= 15 is 0 Å². The third kappa shape index (κ3) is 1.86. The highest BCUT2D eigenvalue weighted by molar-refractivity contribution is 6.13. The van der Waals surface area contributed by atoms with E-state index in [1.165, 1.54) is 5.39 Å². The Bertz CT molecular complexity index is 1150. The molecule has 4 heteroatoms. The summed E-state index contributed by atoms with van der Waals surface area (Å²) in [7, 11) is 3.49. The van der Waals surface area contributed by atoms with Crippen LogP contribution in [0, 0.1) is 0 Å². The topological polar surface area (TPSA) is 49.4 Å². The Kier molecular flexibility index (Phi) is 3.13. The molecule has 4 aromatic rings. The van der Waals surface area contributed by atoms with E-state index in [0.29, 0.717) is 11.4 Å². The van der Waals surface area contributed by atoms with E-state index in [1.807, 2.05) is 42.3 Å². The van der Waals surface area contributed by atoms with Crippen molar-refractivity contribution in [3.8, 4) is 0 Å². The standard InChI is InChI=1S/C20H16N2O2/c1-21-17-18(20(24)19(17)23)22(2)16-11-12-7-3-4-8-13(12)14-9-5-6-10-15(14)16/h3-11,21H,1-2H3. The lowest BCUT2D eigenvalue weighted by molar-refractivity contribution is 1.16. The Labute approximate surface area is 138 Å². The number of fused-ring (bicyclic) bond motifs is 3. The molecule has 0 radical (unpaired) electrons. The van der Waals surface area contributed by atoms with Gasteiger partial charge in [0.25, 0.3) is 10.9 Å². The molecule has 24 heavy (non-hydrogen) atoms. The summed E-state index contributed by atoms with van der Waals surface area (Å²) in [5.74, 6) is 0. The minimum atomic E-state index is -0.454. The lowest BCUT2D eigenvalue weighted by Gasteiger charge is -2.25. The van der Waals surface area contributed by atoms with Gasteiger partial charge in [-0.15, -0.1) is 0 Å². The van der Waals surface area contributed by atoms with E-state index in [1.54, 1.807) is 7.05 Å². The largest absolute Gasteiger partial charge is 0.383 e. The van der Waals surface area contributed by atoms with Gasteiger partial charge in [-0.25, -0.2) is 0 Å². The number of hydrogen-bond acceptors (Lipinski definition) is 4. The van der Waals surface area contributed by atoms with Crippen molar-refractivity contribution in [3.05, 3.63) is 75.0 Å². The number of nitrogens with zero attached hydrogens (tertiary/aromatic N) is 1. The maximum Gasteiger partial charge on any atom is 0.253 e. The van der Waals surface area contributed by atoms with E-state index in [4.69, 9.17) is 0 Å². The van der Waals surface area contributed by atoms with E-state index < -0.39 is 10.9 Å². The van der Waals surface area contributed by atoms with Crippen LogP contribution in [0.1, 0.15) is 0 Å². The van der Waals surface area contributed by atoms with Crippen molar-refractivity contribution < 1.29 is 0 Å².